The van der Waals surface area contributed by atoms with Crippen LogP contribution in [0, 0.1) is 0 Å². The minimum atomic E-state index is 0.454. The average Bonchev–Trinajstić information content (AvgIpc) is 3.22. The fraction of sp³-hybridized carbons (Fsp3) is 0.476. The number of aryl methyl sites for hydroxylation is 1. The second kappa shape index (κ2) is 7.80. The number of hydrogen-bond acceptors (Lipinski definition) is 3. The SMILES string of the molecule is CCc1ccc(NC(=S)NC2C[C@@H]3CC[C@@H](C2)N3Cc2ccco2)cc1. The molecule has 2 aliphatic rings. The molecule has 4 nitrogen and oxygen atoms in total. The van der Waals surface area contributed by atoms with Gasteiger partial charge < -0.3 is 15.1 Å². The zero-order valence-corrected chi connectivity index (χ0v) is 16.1. The summed E-state index contributed by atoms with van der Waals surface area (Å²) < 4.78 is 5.55. The van der Waals surface area contributed by atoms with Gasteiger partial charge in [-0.3, -0.25) is 4.90 Å². The van der Waals surface area contributed by atoms with E-state index in [4.69, 9.17) is 16.6 Å². The van der Waals surface area contributed by atoms with Gasteiger partial charge >= 0.3 is 0 Å². The summed E-state index contributed by atoms with van der Waals surface area (Å²) >= 11 is 5.55. The lowest BCUT2D eigenvalue weighted by atomic mass is 9.97. The van der Waals surface area contributed by atoms with Crippen molar-refractivity contribution in [2.45, 2.75) is 63.7 Å². The van der Waals surface area contributed by atoms with E-state index in [0.717, 1.165) is 42.4 Å². The van der Waals surface area contributed by atoms with Gasteiger partial charge in [-0.15, -0.1) is 0 Å². The summed E-state index contributed by atoms with van der Waals surface area (Å²) in [5.41, 5.74) is 2.40. The number of rotatable bonds is 5. The van der Waals surface area contributed by atoms with Crippen molar-refractivity contribution in [1.82, 2.24) is 10.2 Å². The first-order chi connectivity index (χ1) is 12.7. The third-order valence-electron chi connectivity index (χ3n) is 5.76. The maximum atomic E-state index is 5.55. The van der Waals surface area contributed by atoms with E-state index in [0.29, 0.717) is 18.1 Å². The predicted molar refractivity (Wildman–Crippen MR) is 109 cm³/mol. The number of nitrogens with one attached hydrogen (secondary N) is 2. The van der Waals surface area contributed by atoms with E-state index in [2.05, 4.69) is 52.8 Å². The lowest BCUT2D eigenvalue weighted by molar-refractivity contribution is 0.106. The molecular weight excluding hydrogens is 342 g/mol. The summed E-state index contributed by atoms with van der Waals surface area (Å²) in [7, 11) is 0. The molecule has 2 aliphatic heterocycles. The highest BCUT2D eigenvalue weighted by Crippen LogP contribution is 2.36. The molecule has 138 valence electrons. The van der Waals surface area contributed by atoms with Gasteiger partial charge in [0.2, 0.25) is 0 Å². The average molecular weight is 370 g/mol. The molecule has 2 bridgehead atoms. The van der Waals surface area contributed by atoms with Crippen molar-refractivity contribution in [3.63, 3.8) is 0 Å². The Morgan fingerprint density at radius 2 is 1.88 bits per heavy atom. The zero-order valence-electron chi connectivity index (χ0n) is 15.3. The van der Waals surface area contributed by atoms with Crippen LogP contribution in [0.15, 0.2) is 47.1 Å². The van der Waals surface area contributed by atoms with E-state index in [1.807, 2.05) is 6.07 Å². The molecular formula is C21H27N3OS. The van der Waals surface area contributed by atoms with Crippen LogP contribution in [0.5, 0.6) is 0 Å². The van der Waals surface area contributed by atoms with Crippen LogP contribution < -0.4 is 10.6 Å². The van der Waals surface area contributed by atoms with Gasteiger partial charge in [-0.1, -0.05) is 19.1 Å². The molecule has 3 heterocycles. The van der Waals surface area contributed by atoms with Crippen LogP contribution in [0.1, 0.15) is 43.9 Å². The standard InChI is InChI=1S/C21H27N3OS/c1-2-15-5-7-16(8-6-15)22-21(26)23-17-12-18-9-10-19(13-17)24(18)14-20-4-3-11-25-20/h3-8,11,17-19H,2,9-10,12-14H2,1H3,(H2,22,23,26)/t18-,19-/m0/s1. The maximum absolute atomic E-state index is 5.55. The summed E-state index contributed by atoms with van der Waals surface area (Å²) in [6, 6.07) is 14.3. The summed E-state index contributed by atoms with van der Waals surface area (Å²) in [4.78, 5) is 2.62. The van der Waals surface area contributed by atoms with Crippen molar-refractivity contribution < 1.29 is 4.42 Å². The van der Waals surface area contributed by atoms with Crippen LogP contribution in [0.2, 0.25) is 0 Å². The van der Waals surface area contributed by atoms with E-state index in [-0.39, 0.29) is 0 Å². The number of piperidine rings is 1. The molecule has 0 unspecified atom stereocenters. The monoisotopic (exact) mass is 369 g/mol. The Morgan fingerprint density at radius 1 is 1.15 bits per heavy atom. The lowest BCUT2D eigenvalue weighted by Crippen LogP contribution is -2.50. The number of hydrogen-bond donors (Lipinski definition) is 2. The number of nitrogens with zero attached hydrogens (tertiary/aromatic N) is 1. The Labute approximate surface area is 161 Å². The third-order valence-corrected chi connectivity index (χ3v) is 5.98. The minimum Gasteiger partial charge on any atom is -0.468 e. The molecule has 0 spiro atoms. The molecule has 0 aliphatic carbocycles. The van der Waals surface area contributed by atoms with Gasteiger partial charge in [-0.2, -0.15) is 0 Å². The first-order valence-electron chi connectivity index (χ1n) is 9.66. The number of thiocarbonyl (C=S) groups is 1. The molecule has 0 radical (unpaired) electrons. The van der Waals surface area contributed by atoms with E-state index in [1.165, 1.54) is 18.4 Å². The quantitative estimate of drug-likeness (QED) is 0.768. The van der Waals surface area contributed by atoms with Crippen molar-refractivity contribution in [2.75, 3.05) is 5.32 Å². The molecule has 2 N–H and O–H groups in total. The normalized spacial score (nSPS) is 25.2. The molecule has 1 aromatic carbocycles. The van der Waals surface area contributed by atoms with Crippen LogP contribution in [-0.4, -0.2) is 28.1 Å². The molecule has 0 saturated carbocycles. The fourth-order valence-corrected chi connectivity index (χ4v) is 4.69. The molecule has 4 rings (SSSR count). The second-order valence-electron chi connectivity index (χ2n) is 7.45. The summed E-state index contributed by atoms with van der Waals surface area (Å²) in [6.07, 6.45) is 7.68. The number of furan rings is 1. The summed E-state index contributed by atoms with van der Waals surface area (Å²) in [6.45, 7) is 3.10. The highest BCUT2D eigenvalue weighted by molar-refractivity contribution is 7.80. The third kappa shape index (κ3) is 3.94. The van der Waals surface area contributed by atoms with Crippen molar-refractivity contribution in [2.24, 2.45) is 0 Å². The van der Waals surface area contributed by atoms with Crippen LogP contribution >= 0.6 is 12.2 Å². The van der Waals surface area contributed by atoms with Crippen LogP contribution in [0.25, 0.3) is 0 Å². The van der Waals surface area contributed by atoms with Gasteiger partial charge in [-0.25, -0.2) is 0 Å². The van der Waals surface area contributed by atoms with Crippen molar-refractivity contribution in [3.05, 3.63) is 54.0 Å². The maximum Gasteiger partial charge on any atom is 0.170 e. The molecule has 1 aromatic heterocycles. The Balaban J connectivity index is 1.30. The largest absolute Gasteiger partial charge is 0.468 e. The van der Waals surface area contributed by atoms with Crippen LogP contribution in [-0.2, 0) is 13.0 Å². The molecule has 5 heteroatoms. The van der Waals surface area contributed by atoms with Gasteiger partial charge in [0.15, 0.2) is 5.11 Å². The zero-order chi connectivity index (χ0) is 17.9. The lowest BCUT2D eigenvalue weighted by Gasteiger charge is -2.39. The van der Waals surface area contributed by atoms with Crippen LogP contribution in [0.3, 0.4) is 0 Å². The Hall–Kier alpha value is -1.85. The first-order valence-corrected chi connectivity index (χ1v) is 10.1. The fourth-order valence-electron chi connectivity index (χ4n) is 4.41. The van der Waals surface area contributed by atoms with Gasteiger partial charge in [0, 0.05) is 23.8 Å². The van der Waals surface area contributed by atoms with E-state index in [1.54, 1.807) is 6.26 Å². The van der Waals surface area contributed by atoms with Crippen molar-refractivity contribution in [1.29, 1.82) is 0 Å². The summed E-state index contributed by atoms with van der Waals surface area (Å²) in [5, 5.41) is 7.61. The molecule has 2 saturated heterocycles. The number of anilines is 1. The molecule has 26 heavy (non-hydrogen) atoms. The van der Waals surface area contributed by atoms with Gasteiger partial charge in [0.25, 0.3) is 0 Å². The second-order valence-corrected chi connectivity index (χ2v) is 7.86. The highest BCUT2D eigenvalue weighted by Gasteiger charge is 2.41. The Morgan fingerprint density at radius 3 is 2.50 bits per heavy atom. The van der Waals surface area contributed by atoms with E-state index >= 15 is 0 Å². The minimum absolute atomic E-state index is 0.454. The smallest absolute Gasteiger partial charge is 0.170 e. The molecule has 2 atom stereocenters. The molecule has 0 amide bonds. The Bertz CT molecular complexity index is 714. The number of fused-ring (bicyclic) bond motifs is 2. The van der Waals surface area contributed by atoms with E-state index in [9.17, 15) is 0 Å². The van der Waals surface area contributed by atoms with Gasteiger partial charge in [0.1, 0.15) is 5.76 Å². The first kappa shape index (κ1) is 17.6. The van der Waals surface area contributed by atoms with Gasteiger partial charge in [-0.05, 0) is 74.2 Å². The summed E-state index contributed by atoms with van der Waals surface area (Å²) in [5.74, 6) is 1.07. The topological polar surface area (TPSA) is 40.4 Å². The van der Waals surface area contributed by atoms with Gasteiger partial charge in [0.05, 0.1) is 12.8 Å². The van der Waals surface area contributed by atoms with Crippen molar-refractivity contribution in [3.8, 4) is 0 Å². The van der Waals surface area contributed by atoms with Crippen LogP contribution in [0.4, 0.5) is 5.69 Å². The molecule has 2 fully saturated rings. The van der Waals surface area contributed by atoms with Crippen molar-refractivity contribution >= 4 is 23.0 Å². The number of benzene rings is 1. The predicted octanol–water partition coefficient (Wildman–Crippen LogP) is 4.32. The molecule has 2 aromatic rings. The Kier molecular flexibility index (Phi) is 5.27. The van der Waals surface area contributed by atoms with E-state index < -0.39 is 0 Å². The highest BCUT2D eigenvalue weighted by atomic mass is 32.1.